The number of halogens is 2. The largest absolute Gasteiger partial charge is 0.389 e. The van der Waals surface area contributed by atoms with Gasteiger partial charge in [0.2, 0.25) is 0 Å². The zero-order valence-electron chi connectivity index (χ0n) is 16.9. The number of amides is 1. The molecule has 1 amide bonds. The molecular weight excluding hydrogens is 424 g/mol. The quantitative estimate of drug-likeness (QED) is 0.554. The molecule has 11 heteroatoms. The number of carbonyl (C=O) groups excluding carboxylic acids is 1. The summed E-state index contributed by atoms with van der Waals surface area (Å²) in [7, 11) is 1.80. The summed E-state index contributed by atoms with van der Waals surface area (Å²) in [5.41, 5.74) is 11.9. The number of nitrogens with two attached hydrogens (primary N) is 2. The van der Waals surface area contributed by atoms with Crippen LogP contribution in [-0.4, -0.2) is 40.3 Å². The van der Waals surface area contributed by atoms with E-state index in [0.29, 0.717) is 18.2 Å². The number of benzene rings is 1. The number of piperidine rings is 1. The lowest BCUT2D eigenvalue weighted by molar-refractivity contribution is 0.102. The molecule has 1 unspecified atom stereocenters. The normalized spacial score (nSPS) is 16.5. The van der Waals surface area contributed by atoms with Crippen molar-refractivity contribution in [3.05, 3.63) is 41.7 Å². The van der Waals surface area contributed by atoms with E-state index in [9.17, 15) is 13.6 Å². The molecule has 1 aliphatic heterocycles. The Kier molecular flexibility index (Phi) is 5.88. The lowest BCUT2D eigenvalue weighted by Crippen LogP contribution is -2.39. The number of nitrogens with zero attached hydrogens (tertiary/aromatic N) is 4. The fraction of sp³-hybridized carbons (Fsp3) is 0.350. The molecule has 1 fully saturated rings. The number of hydrogen-bond acceptors (Lipinski definition) is 7. The minimum Gasteiger partial charge on any atom is -0.389 e. The second-order valence-corrected chi connectivity index (χ2v) is 8.51. The molecule has 5 N–H and O–H groups in total. The topological polar surface area (TPSA) is 115 Å². The maximum atomic E-state index is 14.1. The van der Waals surface area contributed by atoms with E-state index >= 15 is 0 Å². The number of aryl methyl sites for hydroxylation is 1. The van der Waals surface area contributed by atoms with Gasteiger partial charge >= 0.3 is 0 Å². The Hall–Kier alpha value is -3.05. The minimum atomic E-state index is -0.769. The summed E-state index contributed by atoms with van der Waals surface area (Å²) in [5.74, 6) is -0.969. The van der Waals surface area contributed by atoms with Gasteiger partial charge < -0.3 is 21.7 Å². The third-order valence-electron chi connectivity index (χ3n) is 5.35. The Balaban J connectivity index is 1.60. The summed E-state index contributed by atoms with van der Waals surface area (Å²) in [5, 5.41) is 7.14. The molecule has 0 bridgehead atoms. The Morgan fingerprint density at radius 3 is 2.81 bits per heavy atom. The molecule has 8 nitrogen and oxygen atoms in total. The van der Waals surface area contributed by atoms with Gasteiger partial charge in [0.05, 0.1) is 11.8 Å². The van der Waals surface area contributed by atoms with Gasteiger partial charge in [0.15, 0.2) is 11.5 Å². The van der Waals surface area contributed by atoms with Gasteiger partial charge in [0, 0.05) is 20.1 Å². The molecule has 164 valence electrons. The number of aromatic nitrogens is 3. The minimum absolute atomic E-state index is 0.00600. The first-order valence-electron chi connectivity index (χ1n) is 9.88. The molecule has 1 aliphatic rings. The van der Waals surface area contributed by atoms with E-state index in [4.69, 9.17) is 11.5 Å². The van der Waals surface area contributed by atoms with Gasteiger partial charge in [-0.15, -0.1) is 0 Å². The highest BCUT2D eigenvalue weighted by atomic mass is 32.1. The summed E-state index contributed by atoms with van der Waals surface area (Å²) in [6, 6.07) is 3.52. The lowest BCUT2D eigenvalue weighted by atomic mass is 9.98. The third kappa shape index (κ3) is 4.10. The average molecular weight is 448 g/mol. The van der Waals surface area contributed by atoms with Crippen molar-refractivity contribution < 1.29 is 13.6 Å². The molecule has 1 aromatic carbocycles. The van der Waals surface area contributed by atoms with Crippen molar-refractivity contribution in [2.24, 2.45) is 18.7 Å². The first-order chi connectivity index (χ1) is 14.9. The van der Waals surface area contributed by atoms with E-state index in [0.717, 1.165) is 55.2 Å². The second-order valence-electron chi connectivity index (χ2n) is 7.48. The van der Waals surface area contributed by atoms with Crippen LogP contribution in [0.4, 0.5) is 25.3 Å². The van der Waals surface area contributed by atoms with Crippen LogP contribution in [0.25, 0.3) is 10.6 Å². The van der Waals surface area contributed by atoms with E-state index in [-0.39, 0.29) is 21.3 Å². The number of rotatable bonds is 5. The van der Waals surface area contributed by atoms with Gasteiger partial charge in [-0.2, -0.15) is 5.10 Å². The Morgan fingerprint density at radius 1 is 1.35 bits per heavy atom. The molecule has 3 heterocycles. The van der Waals surface area contributed by atoms with Gasteiger partial charge in [0.25, 0.3) is 5.91 Å². The standard InChI is InChI=1S/C20H23F2N7OS/c1-28-20(29-7-3-4-11(8-23)10-29)14(9-25-28)26-18(30)16-17(24)31-19(27-16)15-12(21)5-2-6-13(15)22/h2,5-6,9,11H,3-4,7-8,10,23-24H2,1H3,(H,26,30). The maximum absolute atomic E-state index is 14.1. The maximum Gasteiger partial charge on any atom is 0.277 e. The van der Waals surface area contributed by atoms with E-state index in [1.165, 1.54) is 6.07 Å². The van der Waals surface area contributed by atoms with Crippen LogP contribution >= 0.6 is 11.3 Å². The zero-order valence-corrected chi connectivity index (χ0v) is 17.8. The van der Waals surface area contributed by atoms with Crippen LogP contribution < -0.4 is 21.7 Å². The molecule has 0 radical (unpaired) electrons. The number of hydrogen-bond donors (Lipinski definition) is 3. The SMILES string of the molecule is Cn1ncc(NC(=O)c2nc(-c3c(F)cccc3F)sc2N)c1N1CCCC(CN)C1. The molecule has 1 atom stereocenters. The van der Waals surface area contributed by atoms with Crippen LogP contribution in [0.5, 0.6) is 0 Å². The number of thiazole rings is 1. The summed E-state index contributed by atoms with van der Waals surface area (Å²) >= 11 is 0.856. The number of anilines is 3. The highest BCUT2D eigenvalue weighted by Gasteiger charge is 2.26. The molecule has 0 aliphatic carbocycles. The molecular formula is C20H23F2N7OS. The predicted octanol–water partition coefficient (Wildman–Crippen LogP) is 2.83. The molecule has 2 aromatic heterocycles. The average Bonchev–Trinajstić information content (AvgIpc) is 3.30. The smallest absolute Gasteiger partial charge is 0.277 e. The molecule has 1 saturated heterocycles. The molecule has 3 aromatic rings. The first kappa shape index (κ1) is 21.2. The first-order valence-corrected chi connectivity index (χ1v) is 10.7. The van der Waals surface area contributed by atoms with Crippen molar-refractivity contribution in [1.82, 2.24) is 14.8 Å². The Morgan fingerprint density at radius 2 is 2.10 bits per heavy atom. The Labute approximate surface area is 181 Å². The van der Waals surface area contributed by atoms with Gasteiger partial charge in [-0.25, -0.2) is 13.8 Å². The predicted molar refractivity (Wildman–Crippen MR) is 117 cm³/mol. The van der Waals surface area contributed by atoms with Crippen LogP contribution in [0.1, 0.15) is 23.3 Å². The number of carbonyl (C=O) groups is 1. The van der Waals surface area contributed by atoms with Gasteiger partial charge in [-0.3, -0.25) is 9.48 Å². The zero-order chi connectivity index (χ0) is 22.1. The lowest BCUT2D eigenvalue weighted by Gasteiger charge is -2.34. The molecule has 31 heavy (non-hydrogen) atoms. The molecule has 0 spiro atoms. The van der Waals surface area contributed by atoms with E-state index in [1.54, 1.807) is 17.9 Å². The summed E-state index contributed by atoms with van der Waals surface area (Å²) in [6.07, 6.45) is 3.62. The highest BCUT2D eigenvalue weighted by molar-refractivity contribution is 7.19. The Bertz CT molecular complexity index is 1090. The van der Waals surface area contributed by atoms with E-state index in [2.05, 4.69) is 20.3 Å². The third-order valence-corrected chi connectivity index (χ3v) is 6.25. The second kappa shape index (κ2) is 8.60. The summed E-state index contributed by atoms with van der Waals surface area (Å²) in [4.78, 5) is 19.2. The van der Waals surface area contributed by atoms with E-state index < -0.39 is 17.5 Å². The van der Waals surface area contributed by atoms with Crippen LogP contribution in [0.3, 0.4) is 0 Å². The van der Waals surface area contributed by atoms with Crippen LogP contribution in [0.2, 0.25) is 0 Å². The van der Waals surface area contributed by atoms with Gasteiger partial charge in [-0.1, -0.05) is 17.4 Å². The summed E-state index contributed by atoms with van der Waals surface area (Å²) in [6.45, 7) is 2.20. The number of nitrogens with one attached hydrogen (secondary N) is 1. The highest BCUT2D eigenvalue weighted by Crippen LogP contribution is 2.35. The monoisotopic (exact) mass is 447 g/mol. The van der Waals surface area contributed by atoms with E-state index in [1.807, 2.05) is 0 Å². The van der Waals surface area contributed by atoms with Crippen LogP contribution in [0, 0.1) is 17.6 Å². The van der Waals surface area contributed by atoms with Gasteiger partial charge in [0.1, 0.15) is 27.3 Å². The fourth-order valence-electron chi connectivity index (χ4n) is 3.83. The fourth-order valence-corrected chi connectivity index (χ4v) is 4.71. The van der Waals surface area contributed by atoms with Crippen molar-refractivity contribution in [1.29, 1.82) is 0 Å². The number of nitrogen functional groups attached to an aromatic ring is 1. The van der Waals surface area contributed by atoms with Crippen molar-refractivity contribution >= 4 is 33.8 Å². The van der Waals surface area contributed by atoms with Gasteiger partial charge in [-0.05, 0) is 37.4 Å². The van der Waals surface area contributed by atoms with Crippen LogP contribution in [-0.2, 0) is 7.05 Å². The summed E-state index contributed by atoms with van der Waals surface area (Å²) < 4.78 is 29.9. The molecule has 0 saturated carbocycles. The molecule has 4 rings (SSSR count). The van der Waals surface area contributed by atoms with Crippen molar-refractivity contribution in [2.75, 3.05) is 35.6 Å². The van der Waals surface area contributed by atoms with Crippen LogP contribution in [0.15, 0.2) is 24.4 Å². The van der Waals surface area contributed by atoms with Crippen molar-refractivity contribution in [3.63, 3.8) is 0 Å². The van der Waals surface area contributed by atoms with Crippen molar-refractivity contribution in [2.45, 2.75) is 12.8 Å². The van der Waals surface area contributed by atoms with Crippen molar-refractivity contribution in [3.8, 4) is 10.6 Å².